The minimum Gasteiger partial charge on any atom is -0.464 e. The molecule has 20 heavy (non-hydrogen) atoms. The van der Waals surface area contributed by atoms with E-state index in [1.807, 2.05) is 0 Å². The van der Waals surface area contributed by atoms with Gasteiger partial charge in [-0.1, -0.05) is 0 Å². The number of ether oxygens (including phenoxy) is 2. The van der Waals surface area contributed by atoms with E-state index in [0.29, 0.717) is 6.42 Å². The maximum absolute atomic E-state index is 12.2. The molecule has 0 bridgehead atoms. The van der Waals surface area contributed by atoms with Gasteiger partial charge in [-0.25, -0.2) is 9.59 Å². The van der Waals surface area contributed by atoms with Crippen molar-refractivity contribution >= 4 is 12.1 Å². The van der Waals surface area contributed by atoms with Crippen LogP contribution in [0.4, 0.5) is 4.79 Å². The highest BCUT2D eigenvalue weighted by atomic mass is 16.6. The molecule has 6 nitrogen and oxygen atoms in total. The molecule has 0 radical (unpaired) electrons. The van der Waals surface area contributed by atoms with Crippen molar-refractivity contribution in [2.45, 2.75) is 51.7 Å². The fourth-order valence-electron chi connectivity index (χ4n) is 3.02. The second-order valence-electron chi connectivity index (χ2n) is 6.67. The van der Waals surface area contributed by atoms with Crippen LogP contribution in [0, 0.1) is 11.3 Å². The SMILES string of the molecule is CCOC(=O)[C@@]1(NC(=O)OC(C)(C)C)C[C@@]12C[C@@H]2CO. The van der Waals surface area contributed by atoms with Gasteiger partial charge in [-0.2, -0.15) is 0 Å². The first-order valence-electron chi connectivity index (χ1n) is 7.00. The number of carbonyl (C=O) groups excluding carboxylic acids is 2. The number of aliphatic hydroxyl groups is 1. The van der Waals surface area contributed by atoms with Gasteiger partial charge in [-0.15, -0.1) is 0 Å². The molecule has 2 aliphatic carbocycles. The first kappa shape index (κ1) is 15.1. The summed E-state index contributed by atoms with van der Waals surface area (Å²) in [6.45, 7) is 7.30. The topological polar surface area (TPSA) is 84.9 Å². The highest BCUT2D eigenvalue weighted by molar-refractivity contribution is 5.92. The summed E-state index contributed by atoms with van der Waals surface area (Å²) < 4.78 is 10.3. The molecule has 0 aromatic heterocycles. The lowest BCUT2D eigenvalue weighted by Crippen LogP contribution is -2.48. The van der Waals surface area contributed by atoms with Crippen molar-refractivity contribution < 1.29 is 24.2 Å². The van der Waals surface area contributed by atoms with Crippen LogP contribution >= 0.6 is 0 Å². The average molecular weight is 285 g/mol. The quantitative estimate of drug-likeness (QED) is 0.759. The summed E-state index contributed by atoms with van der Waals surface area (Å²) >= 11 is 0. The van der Waals surface area contributed by atoms with E-state index in [-0.39, 0.29) is 24.5 Å². The Hall–Kier alpha value is -1.30. The molecule has 114 valence electrons. The molecule has 0 aromatic rings. The van der Waals surface area contributed by atoms with Crippen molar-refractivity contribution in [1.82, 2.24) is 5.32 Å². The van der Waals surface area contributed by atoms with Gasteiger partial charge in [-0.3, -0.25) is 0 Å². The second-order valence-corrected chi connectivity index (χ2v) is 6.67. The molecular weight excluding hydrogens is 262 g/mol. The zero-order chi connectivity index (χ0) is 15.2. The molecule has 2 N–H and O–H groups in total. The minimum absolute atomic E-state index is 0.0250. The summed E-state index contributed by atoms with van der Waals surface area (Å²) in [5, 5.41) is 11.9. The molecule has 2 fully saturated rings. The van der Waals surface area contributed by atoms with Crippen LogP contribution in [0.15, 0.2) is 0 Å². The minimum atomic E-state index is -1.02. The predicted octanol–water partition coefficient (Wildman–Crippen LogP) is 1.22. The molecule has 0 aliphatic heterocycles. The van der Waals surface area contributed by atoms with E-state index in [1.165, 1.54) is 0 Å². The molecular formula is C14H23NO5. The van der Waals surface area contributed by atoms with E-state index < -0.39 is 23.2 Å². The molecule has 3 atom stereocenters. The molecule has 1 spiro atoms. The van der Waals surface area contributed by atoms with Crippen LogP contribution < -0.4 is 5.32 Å². The molecule has 6 heteroatoms. The molecule has 0 heterocycles. The second kappa shape index (κ2) is 4.62. The van der Waals surface area contributed by atoms with E-state index in [0.717, 1.165) is 6.42 Å². The third-order valence-corrected chi connectivity index (χ3v) is 4.10. The zero-order valence-corrected chi connectivity index (χ0v) is 12.5. The van der Waals surface area contributed by atoms with Crippen molar-refractivity contribution in [3.8, 4) is 0 Å². The van der Waals surface area contributed by atoms with Crippen molar-refractivity contribution in [2.24, 2.45) is 11.3 Å². The number of hydrogen-bond donors (Lipinski definition) is 2. The monoisotopic (exact) mass is 285 g/mol. The largest absolute Gasteiger partial charge is 0.464 e. The lowest BCUT2D eigenvalue weighted by Gasteiger charge is -2.23. The van der Waals surface area contributed by atoms with Gasteiger partial charge >= 0.3 is 12.1 Å². The van der Waals surface area contributed by atoms with Crippen molar-refractivity contribution in [2.75, 3.05) is 13.2 Å². The van der Waals surface area contributed by atoms with Crippen LogP contribution in [0.1, 0.15) is 40.5 Å². The van der Waals surface area contributed by atoms with Gasteiger partial charge in [0.05, 0.1) is 6.61 Å². The zero-order valence-electron chi connectivity index (χ0n) is 12.5. The number of amides is 1. The summed E-state index contributed by atoms with van der Waals surface area (Å²) in [7, 11) is 0. The number of carbonyl (C=O) groups is 2. The van der Waals surface area contributed by atoms with Crippen molar-refractivity contribution in [1.29, 1.82) is 0 Å². The Labute approximate surface area is 118 Å². The molecule has 2 rings (SSSR count). The molecule has 1 amide bonds. The van der Waals surface area contributed by atoms with Crippen LogP contribution in [0.25, 0.3) is 0 Å². The third-order valence-electron chi connectivity index (χ3n) is 4.10. The Morgan fingerprint density at radius 2 is 2.05 bits per heavy atom. The summed E-state index contributed by atoms with van der Waals surface area (Å²) in [5.74, 6) is -0.372. The lowest BCUT2D eigenvalue weighted by molar-refractivity contribution is -0.147. The van der Waals surface area contributed by atoms with Gasteiger partial charge in [0.25, 0.3) is 0 Å². The summed E-state index contributed by atoms with van der Waals surface area (Å²) in [6.07, 6.45) is 0.632. The van der Waals surface area contributed by atoms with E-state index in [2.05, 4.69) is 5.32 Å². The van der Waals surface area contributed by atoms with Gasteiger partial charge in [0.1, 0.15) is 11.1 Å². The van der Waals surface area contributed by atoms with E-state index in [4.69, 9.17) is 9.47 Å². The van der Waals surface area contributed by atoms with Crippen LogP contribution in [0.5, 0.6) is 0 Å². The Morgan fingerprint density at radius 3 is 2.50 bits per heavy atom. The van der Waals surface area contributed by atoms with Crippen LogP contribution in [-0.2, 0) is 14.3 Å². The van der Waals surface area contributed by atoms with E-state index in [1.54, 1.807) is 27.7 Å². The van der Waals surface area contributed by atoms with Crippen molar-refractivity contribution in [3.63, 3.8) is 0 Å². The van der Waals surface area contributed by atoms with E-state index in [9.17, 15) is 14.7 Å². The maximum Gasteiger partial charge on any atom is 0.408 e. The Morgan fingerprint density at radius 1 is 1.40 bits per heavy atom. The number of alkyl carbamates (subject to hydrolysis) is 1. The molecule has 2 aliphatic rings. The predicted molar refractivity (Wildman–Crippen MR) is 71.0 cm³/mol. The van der Waals surface area contributed by atoms with Gasteiger partial charge in [0, 0.05) is 12.0 Å². The van der Waals surface area contributed by atoms with Gasteiger partial charge < -0.3 is 19.9 Å². The van der Waals surface area contributed by atoms with Crippen molar-refractivity contribution in [3.05, 3.63) is 0 Å². The Balaban J connectivity index is 2.07. The van der Waals surface area contributed by atoms with Gasteiger partial charge in [-0.05, 0) is 46.5 Å². The highest BCUT2D eigenvalue weighted by Crippen LogP contribution is 2.76. The maximum atomic E-state index is 12.2. The number of rotatable bonds is 4. The number of aliphatic hydroxyl groups excluding tert-OH is 1. The summed E-state index contributed by atoms with van der Waals surface area (Å²) in [5.41, 5.74) is -1.97. The first-order chi connectivity index (χ1) is 9.21. The summed E-state index contributed by atoms with van der Waals surface area (Å²) in [6, 6.07) is 0. The standard InChI is InChI=1S/C14H23NO5/c1-5-19-10(17)14(8-13(14)6-9(13)7-16)15-11(18)20-12(2,3)4/h9,16H,5-8H2,1-4H3,(H,15,18)/t9-,13-,14+/m1/s1. The van der Waals surface area contributed by atoms with Crippen LogP contribution in [-0.4, -0.2) is 41.5 Å². The fraction of sp³-hybridized carbons (Fsp3) is 0.857. The smallest absolute Gasteiger partial charge is 0.408 e. The number of hydrogen-bond acceptors (Lipinski definition) is 5. The van der Waals surface area contributed by atoms with E-state index >= 15 is 0 Å². The number of nitrogens with one attached hydrogen (secondary N) is 1. The Kier molecular flexibility index (Phi) is 3.48. The van der Waals surface area contributed by atoms with Crippen LogP contribution in [0.2, 0.25) is 0 Å². The molecule has 0 aromatic carbocycles. The third kappa shape index (κ3) is 2.37. The van der Waals surface area contributed by atoms with Gasteiger partial charge in [0.15, 0.2) is 0 Å². The Bertz CT molecular complexity index is 430. The average Bonchev–Trinajstić information content (AvgIpc) is 3.15. The molecule has 0 unspecified atom stereocenters. The highest BCUT2D eigenvalue weighted by Gasteiger charge is 2.84. The number of esters is 1. The molecule has 0 saturated heterocycles. The lowest BCUT2D eigenvalue weighted by atomic mass is 10.1. The summed E-state index contributed by atoms with van der Waals surface area (Å²) in [4.78, 5) is 24.1. The molecule has 2 saturated carbocycles. The van der Waals surface area contributed by atoms with Gasteiger partial charge in [0.2, 0.25) is 0 Å². The van der Waals surface area contributed by atoms with Crippen LogP contribution in [0.3, 0.4) is 0 Å². The normalized spacial score (nSPS) is 34.5. The fourth-order valence-corrected chi connectivity index (χ4v) is 3.02. The first-order valence-corrected chi connectivity index (χ1v) is 7.00.